The molecule has 1 N–H and O–H groups in total. The predicted molar refractivity (Wildman–Crippen MR) is 70.4 cm³/mol. The maximum absolute atomic E-state index is 12.0. The van der Waals surface area contributed by atoms with Crippen molar-refractivity contribution in [3.63, 3.8) is 0 Å². The van der Waals surface area contributed by atoms with E-state index in [9.17, 15) is 8.78 Å². The van der Waals surface area contributed by atoms with Gasteiger partial charge in [-0.2, -0.15) is 8.78 Å². The Morgan fingerprint density at radius 2 is 2.05 bits per heavy atom. The minimum Gasteiger partial charge on any atom is -0.435 e. The van der Waals surface area contributed by atoms with Gasteiger partial charge in [0.25, 0.3) is 0 Å². The van der Waals surface area contributed by atoms with E-state index in [0.29, 0.717) is 6.54 Å². The molecule has 0 spiro atoms. The Kier molecular flexibility index (Phi) is 4.81. The van der Waals surface area contributed by atoms with Crippen LogP contribution in [0.2, 0.25) is 0 Å². The normalized spacial score (nSPS) is 12.6. The third-order valence-corrected chi connectivity index (χ3v) is 3.26. The van der Waals surface area contributed by atoms with E-state index in [1.54, 1.807) is 29.0 Å². The molecule has 0 saturated carbocycles. The van der Waals surface area contributed by atoms with E-state index in [1.807, 2.05) is 12.3 Å². The van der Waals surface area contributed by atoms with Gasteiger partial charge in [0.15, 0.2) is 0 Å². The van der Waals surface area contributed by atoms with Crippen molar-refractivity contribution in [3.8, 4) is 5.75 Å². The maximum atomic E-state index is 12.0. The molecule has 0 fully saturated rings. The van der Waals surface area contributed by atoms with Crippen LogP contribution in [0.25, 0.3) is 0 Å². The van der Waals surface area contributed by atoms with Crippen molar-refractivity contribution < 1.29 is 13.5 Å². The first-order valence-corrected chi connectivity index (χ1v) is 6.74. The van der Waals surface area contributed by atoms with Gasteiger partial charge in [-0.05, 0) is 24.6 Å². The fourth-order valence-corrected chi connectivity index (χ4v) is 2.25. The topological polar surface area (TPSA) is 34.1 Å². The minimum atomic E-state index is -2.78. The summed E-state index contributed by atoms with van der Waals surface area (Å²) in [5.41, 5.74) is 3.80. The van der Waals surface area contributed by atoms with Crippen molar-refractivity contribution in [2.24, 2.45) is 0 Å². The Morgan fingerprint density at radius 3 is 2.63 bits per heavy atom. The summed E-state index contributed by atoms with van der Waals surface area (Å²) in [6, 6.07) is 6.76. The number of halogens is 2. The van der Waals surface area contributed by atoms with E-state index >= 15 is 0 Å². The SMILES string of the molecule is CC(NCc1ccc(OC(F)F)cc1)c1cscn1. The minimum absolute atomic E-state index is 0.156. The molecule has 6 heteroatoms. The molecule has 0 saturated heterocycles. The van der Waals surface area contributed by atoms with Crippen LogP contribution in [-0.2, 0) is 6.54 Å². The van der Waals surface area contributed by atoms with Crippen LogP contribution in [0.3, 0.4) is 0 Å². The van der Waals surface area contributed by atoms with E-state index in [2.05, 4.69) is 15.0 Å². The van der Waals surface area contributed by atoms with Crippen LogP contribution in [0.1, 0.15) is 24.2 Å². The molecule has 2 aromatic rings. The smallest absolute Gasteiger partial charge is 0.387 e. The highest BCUT2D eigenvalue weighted by atomic mass is 32.1. The molecular weight excluding hydrogens is 270 g/mol. The Bertz CT molecular complexity index is 488. The van der Waals surface area contributed by atoms with Crippen LogP contribution < -0.4 is 10.1 Å². The second-order valence-corrected chi connectivity index (χ2v) is 4.76. The molecule has 1 heterocycles. The Labute approximate surface area is 114 Å². The van der Waals surface area contributed by atoms with Crippen molar-refractivity contribution in [1.29, 1.82) is 0 Å². The van der Waals surface area contributed by atoms with E-state index in [0.717, 1.165) is 11.3 Å². The number of hydrogen-bond acceptors (Lipinski definition) is 4. The Balaban J connectivity index is 1.86. The van der Waals surface area contributed by atoms with Gasteiger partial charge >= 0.3 is 6.61 Å². The average Bonchev–Trinajstić information content (AvgIpc) is 2.91. The van der Waals surface area contributed by atoms with Crippen molar-refractivity contribution in [1.82, 2.24) is 10.3 Å². The van der Waals surface area contributed by atoms with Crippen LogP contribution >= 0.6 is 11.3 Å². The van der Waals surface area contributed by atoms with Crippen LogP contribution in [-0.4, -0.2) is 11.6 Å². The van der Waals surface area contributed by atoms with Crippen molar-refractivity contribution in [2.45, 2.75) is 26.1 Å². The molecule has 3 nitrogen and oxygen atoms in total. The van der Waals surface area contributed by atoms with Crippen LogP contribution in [0.5, 0.6) is 5.75 Å². The lowest BCUT2D eigenvalue weighted by molar-refractivity contribution is -0.0498. The number of thiazole rings is 1. The number of nitrogens with zero attached hydrogens (tertiary/aromatic N) is 1. The number of nitrogens with one attached hydrogen (secondary N) is 1. The van der Waals surface area contributed by atoms with Crippen LogP contribution in [0.4, 0.5) is 8.78 Å². The molecule has 1 aromatic carbocycles. The average molecular weight is 284 g/mol. The highest BCUT2D eigenvalue weighted by Crippen LogP contribution is 2.16. The van der Waals surface area contributed by atoms with E-state index in [-0.39, 0.29) is 11.8 Å². The van der Waals surface area contributed by atoms with Gasteiger partial charge in [-0.15, -0.1) is 11.3 Å². The number of hydrogen-bond donors (Lipinski definition) is 1. The molecule has 0 aliphatic rings. The Hall–Kier alpha value is -1.53. The summed E-state index contributed by atoms with van der Waals surface area (Å²) < 4.78 is 28.3. The second kappa shape index (κ2) is 6.58. The van der Waals surface area contributed by atoms with Crippen LogP contribution in [0.15, 0.2) is 35.2 Å². The molecule has 0 amide bonds. The molecule has 0 bridgehead atoms. The van der Waals surface area contributed by atoms with Gasteiger partial charge in [-0.3, -0.25) is 0 Å². The highest BCUT2D eigenvalue weighted by Gasteiger charge is 2.07. The van der Waals surface area contributed by atoms with Gasteiger partial charge < -0.3 is 10.1 Å². The zero-order valence-corrected chi connectivity index (χ0v) is 11.2. The third kappa shape index (κ3) is 4.25. The maximum Gasteiger partial charge on any atom is 0.387 e. The molecule has 0 aliphatic heterocycles. The molecular formula is C13H14F2N2OS. The summed E-state index contributed by atoms with van der Waals surface area (Å²) in [5.74, 6) is 0.172. The standard InChI is InChI=1S/C13H14F2N2OS/c1-9(12-7-19-8-17-12)16-6-10-2-4-11(5-3-10)18-13(14)15/h2-5,7-9,13,16H,6H2,1H3. The second-order valence-electron chi connectivity index (χ2n) is 4.04. The Morgan fingerprint density at radius 1 is 1.32 bits per heavy atom. The first kappa shape index (κ1) is 13.9. The van der Waals surface area contributed by atoms with Crippen molar-refractivity contribution in [3.05, 3.63) is 46.4 Å². The first-order valence-electron chi connectivity index (χ1n) is 5.80. The number of aromatic nitrogens is 1. The van der Waals surface area contributed by atoms with Crippen LogP contribution in [0, 0.1) is 0 Å². The summed E-state index contributed by atoms with van der Waals surface area (Å²) in [6.45, 7) is -0.106. The monoisotopic (exact) mass is 284 g/mol. The zero-order valence-electron chi connectivity index (χ0n) is 10.3. The van der Waals surface area contributed by atoms with Gasteiger partial charge in [0.2, 0.25) is 0 Å². The molecule has 1 aromatic heterocycles. The van der Waals surface area contributed by atoms with Gasteiger partial charge in [0.05, 0.1) is 11.2 Å². The summed E-state index contributed by atoms with van der Waals surface area (Å²) >= 11 is 1.56. The van der Waals surface area contributed by atoms with Gasteiger partial charge in [0.1, 0.15) is 5.75 Å². The van der Waals surface area contributed by atoms with Gasteiger partial charge in [-0.25, -0.2) is 4.98 Å². The quantitative estimate of drug-likeness (QED) is 0.880. The summed E-state index contributed by atoms with van der Waals surface area (Å²) in [7, 11) is 0. The van der Waals surface area contributed by atoms with E-state index in [1.165, 1.54) is 12.1 Å². The fraction of sp³-hybridized carbons (Fsp3) is 0.308. The fourth-order valence-electron chi connectivity index (χ4n) is 1.60. The first-order chi connectivity index (χ1) is 9.15. The number of rotatable bonds is 6. The van der Waals surface area contributed by atoms with Gasteiger partial charge in [0, 0.05) is 18.0 Å². The van der Waals surface area contributed by atoms with E-state index in [4.69, 9.17) is 0 Å². The number of benzene rings is 1. The number of ether oxygens (including phenoxy) is 1. The predicted octanol–water partition coefficient (Wildman–Crippen LogP) is 3.60. The molecule has 19 heavy (non-hydrogen) atoms. The molecule has 2 rings (SSSR count). The molecule has 0 aliphatic carbocycles. The van der Waals surface area contributed by atoms with Crippen molar-refractivity contribution in [2.75, 3.05) is 0 Å². The highest BCUT2D eigenvalue weighted by molar-refractivity contribution is 7.07. The summed E-state index contributed by atoms with van der Waals surface area (Å²) in [5, 5.41) is 5.31. The van der Waals surface area contributed by atoms with Crippen molar-refractivity contribution >= 4 is 11.3 Å². The molecule has 1 atom stereocenters. The van der Waals surface area contributed by atoms with Gasteiger partial charge in [-0.1, -0.05) is 12.1 Å². The summed E-state index contributed by atoms with van der Waals surface area (Å²) in [4.78, 5) is 4.23. The lowest BCUT2D eigenvalue weighted by Gasteiger charge is -2.12. The molecule has 0 radical (unpaired) electrons. The lowest BCUT2D eigenvalue weighted by atomic mass is 10.2. The number of alkyl halides is 2. The third-order valence-electron chi connectivity index (χ3n) is 2.66. The zero-order chi connectivity index (χ0) is 13.7. The van der Waals surface area contributed by atoms with E-state index < -0.39 is 6.61 Å². The molecule has 102 valence electrons. The molecule has 1 unspecified atom stereocenters. The largest absolute Gasteiger partial charge is 0.435 e. The lowest BCUT2D eigenvalue weighted by Crippen LogP contribution is -2.18. The summed E-state index contributed by atoms with van der Waals surface area (Å²) in [6.07, 6.45) is 0.